The largest absolute Gasteiger partial charge is 0.445 e. The van der Waals surface area contributed by atoms with Crippen LogP contribution in [0.1, 0.15) is 24.0 Å². The number of rotatable bonds is 6. The number of ether oxygens (including phenoxy) is 1. The number of hydrogen-bond acceptors (Lipinski definition) is 4. The van der Waals surface area contributed by atoms with Crippen LogP contribution in [0, 0.1) is 0 Å². The van der Waals surface area contributed by atoms with Crippen LogP contribution < -0.4 is 5.32 Å². The fourth-order valence-electron chi connectivity index (χ4n) is 3.48. The van der Waals surface area contributed by atoms with Crippen molar-refractivity contribution < 1.29 is 17.9 Å². The number of halogens is 1. The van der Waals surface area contributed by atoms with Gasteiger partial charge < -0.3 is 10.1 Å². The smallest absolute Gasteiger partial charge is 0.407 e. The summed E-state index contributed by atoms with van der Waals surface area (Å²) in [6.45, 7) is 0.194. The summed E-state index contributed by atoms with van der Waals surface area (Å²) in [5.74, 6) is -0.150. The van der Waals surface area contributed by atoms with Gasteiger partial charge in [0.25, 0.3) is 0 Å². The predicted molar refractivity (Wildman–Crippen MR) is 101 cm³/mol. The summed E-state index contributed by atoms with van der Waals surface area (Å²) in [6.07, 6.45) is 0.501. The molecular formula is C19H20ClNO4S. The van der Waals surface area contributed by atoms with Crippen LogP contribution >= 0.6 is 10.7 Å². The highest BCUT2D eigenvalue weighted by atomic mass is 35.7. The molecule has 1 N–H and O–H groups in total. The third-order valence-electron chi connectivity index (χ3n) is 4.64. The van der Waals surface area contributed by atoms with E-state index in [1.807, 2.05) is 60.7 Å². The van der Waals surface area contributed by atoms with E-state index in [0.29, 0.717) is 12.8 Å². The van der Waals surface area contributed by atoms with E-state index in [1.54, 1.807) is 0 Å². The average molecular weight is 394 g/mol. The lowest BCUT2D eigenvalue weighted by Gasteiger charge is -2.47. The molecule has 0 heterocycles. The number of nitrogens with one attached hydrogen (secondary N) is 1. The van der Waals surface area contributed by atoms with Crippen molar-refractivity contribution in [1.82, 2.24) is 5.32 Å². The van der Waals surface area contributed by atoms with Crippen LogP contribution in [-0.2, 0) is 25.8 Å². The van der Waals surface area contributed by atoms with E-state index in [-0.39, 0.29) is 18.4 Å². The van der Waals surface area contributed by atoms with Gasteiger partial charge in [0.05, 0.1) is 5.75 Å². The van der Waals surface area contributed by atoms with Gasteiger partial charge in [0, 0.05) is 22.1 Å². The van der Waals surface area contributed by atoms with Gasteiger partial charge in [0.2, 0.25) is 9.05 Å². The Morgan fingerprint density at radius 2 is 1.65 bits per heavy atom. The van der Waals surface area contributed by atoms with Crippen molar-refractivity contribution in [1.29, 1.82) is 0 Å². The lowest BCUT2D eigenvalue weighted by molar-refractivity contribution is 0.117. The molecule has 5 nitrogen and oxygen atoms in total. The summed E-state index contributed by atoms with van der Waals surface area (Å²) in [4.78, 5) is 12.0. The fraction of sp³-hybridized carbons (Fsp3) is 0.316. The maximum Gasteiger partial charge on any atom is 0.407 e. The van der Waals surface area contributed by atoms with Gasteiger partial charge in [-0.2, -0.15) is 0 Å². The summed E-state index contributed by atoms with van der Waals surface area (Å²) >= 11 is 0. The molecule has 1 aliphatic rings. The molecular weight excluding hydrogens is 374 g/mol. The number of hydrogen-bond donors (Lipinski definition) is 1. The van der Waals surface area contributed by atoms with E-state index in [4.69, 9.17) is 15.4 Å². The molecule has 0 bridgehead atoms. The zero-order valence-corrected chi connectivity index (χ0v) is 15.7. The molecule has 0 spiro atoms. The third kappa shape index (κ3) is 4.77. The van der Waals surface area contributed by atoms with Gasteiger partial charge in [-0.1, -0.05) is 60.7 Å². The fourth-order valence-corrected chi connectivity index (χ4v) is 5.16. The van der Waals surface area contributed by atoms with E-state index in [9.17, 15) is 13.2 Å². The van der Waals surface area contributed by atoms with Crippen LogP contribution in [0.4, 0.5) is 4.79 Å². The van der Waals surface area contributed by atoms with Crippen molar-refractivity contribution in [3.63, 3.8) is 0 Å². The van der Waals surface area contributed by atoms with Gasteiger partial charge in [-0.05, 0) is 24.0 Å². The van der Waals surface area contributed by atoms with Crippen molar-refractivity contribution >= 4 is 25.8 Å². The standard InChI is InChI=1S/C19H20ClNO4S/c20-26(23,24)14-19(16-9-5-2-6-10-16)11-17(12-19)21-18(22)25-13-15-7-3-1-4-8-15/h1-10,17H,11-14H2,(H,21,22). The van der Waals surface area contributed by atoms with Crippen LogP contribution in [-0.4, -0.2) is 26.3 Å². The normalized spacial score (nSPS) is 22.3. The zero-order valence-electron chi connectivity index (χ0n) is 14.1. The Kier molecular flexibility index (Phi) is 5.53. The average Bonchev–Trinajstić information content (AvgIpc) is 2.58. The number of benzene rings is 2. The highest BCUT2D eigenvalue weighted by molar-refractivity contribution is 8.13. The van der Waals surface area contributed by atoms with E-state index in [2.05, 4.69) is 5.32 Å². The molecule has 0 aliphatic heterocycles. The minimum atomic E-state index is -3.66. The van der Waals surface area contributed by atoms with E-state index in [1.165, 1.54) is 0 Å². The summed E-state index contributed by atoms with van der Waals surface area (Å²) in [5, 5.41) is 2.80. The van der Waals surface area contributed by atoms with Gasteiger partial charge in [0.15, 0.2) is 0 Å². The van der Waals surface area contributed by atoms with Crippen molar-refractivity contribution in [2.45, 2.75) is 30.9 Å². The molecule has 2 aromatic carbocycles. The first kappa shape index (κ1) is 18.7. The van der Waals surface area contributed by atoms with Crippen LogP contribution in [0.15, 0.2) is 60.7 Å². The van der Waals surface area contributed by atoms with Gasteiger partial charge in [-0.3, -0.25) is 0 Å². The predicted octanol–water partition coefficient (Wildman–Crippen LogP) is 3.58. The maximum atomic E-state index is 12.0. The monoisotopic (exact) mass is 393 g/mol. The Labute approximate surface area is 157 Å². The summed E-state index contributed by atoms with van der Waals surface area (Å²) in [6, 6.07) is 18.7. The lowest BCUT2D eigenvalue weighted by atomic mass is 9.63. The highest BCUT2D eigenvalue weighted by Gasteiger charge is 2.48. The molecule has 0 radical (unpaired) electrons. The number of carbonyl (C=O) groups excluding carboxylic acids is 1. The van der Waals surface area contributed by atoms with Crippen LogP contribution in [0.5, 0.6) is 0 Å². The minimum Gasteiger partial charge on any atom is -0.445 e. The first-order chi connectivity index (χ1) is 12.4. The second-order valence-electron chi connectivity index (χ2n) is 6.64. The summed E-state index contributed by atoms with van der Waals surface area (Å²) in [5.41, 5.74) is 1.25. The Balaban J connectivity index is 1.58. The maximum absolute atomic E-state index is 12.0. The Hall–Kier alpha value is -2.05. The van der Waals surface area contributed by atoms with E-state index in [0.717, 1.165) is 11.1 Å². The van der Waals surface area contributed by atoms with Crippen LogP contribution in [0.2, 0.25) is 0 Å². The van der Waals surface area contributed by atoms with E-state index < -0.39 is 20.6 Å². The quantitative estimate of drug-likeness (QED) is 0.761. The van der Waals surface area contributed by atoms with Crippen molar-refractivity contribution in [3.8, 4) is 0 Å². The first-order valence-corrected chi connectivity index (χ1v) is 10.8. The molecule has 0 unspecified atom stereocenters. The second-order valence-corrected chi connectivity index (χ2v) is 9.42. The molecule has 1 fully saturated rings. The summed E-state index contributed by atoms with van der Waals surface area (Å²) in [7, 11) is 1.85. The molecule has 1 saturated carbocycles. The third-order valence-corrected chi connectivity index (χ3v) is 5.87. The molecule has 1 aliphatic carbocycles. The van der Waals surface area contributed by atoms with Crippen molar-refractivity contribution in [2.24, 2.45) is 0 Å². The molecule has 2 aromatic rings. The van der Waals surface area contributed by atoms with Crippen LogP contribution in [0.3, 0.4) is 0 Å². The number of alkyl carbamates (subject to hydrolysis) is 1. The Morgan fingerprint density at radius 3 is 2.23 bits per heavy atom. The SMILES string of the molecule is O=C(NC1CC(CS(=O)(=O)Cl)(c2ccccc2)C1)OCc1ccccc1. The number of carbonyl (C=O) groups is 1. The second kappa shape index (κ2) is 7.68. The Bertz CT molecular complexity index is 850. The van der Waals surface area contributed by atoms with E-state index >= 15 is 0 Å². The molecule has 7 heteroatoms. The minimum absolute atomic E-state index is 0.142. The lowest BCUT2D eigenvalue weighted by Crippen LogP contribution is -2.55. The van der Waals surface area contributed by atoms with Crippen molar-refractivity contribution in [2.75, 3.05) is 5.75 Å². The van der Waals surface area contributed by atoms with Crippen LogP contribution in [0.25, 0.3) is 0 Å². The van der Waals surface area contributed by atoms with Gasteiger partial charge in [-0.15, -0.1) is 0 Å². The van der Waals surface area contributed by atoms with Crippen molar-refractivity contribution in [3.05, 3.63) is 71.8 Å². The zero-order chi connectivity index (χ0) is 18.6. The molecule has 0 atom stereocenters. The first-order valence-electron chi connectivity index (χ1n) is 8.31. The molecule has 3 rings (SSSR count). The highest BCUT2D eigenvalue weighted by Crippen LogP contribution is 2.45. The Morgan fingerprint density at radius 1 is 1.08 bits per heavy atom. The molecule has 26 heavy (non-hydrogen) atoms. The van der Waals surface area contributed by atoms with Gasteiger partial charge in [-0.25, -0.2) is 13.2 Å². The topological polar surface area (TPSA) is 72.5 Å². The van der Waals surface area contributed by atoms with Gasteiger partial charge >= 0.3 is 6.09 Å². The molecule has 0 saturated heterocycles. The molecule has 138 valence electrons. The molecule has 0 aromatic heterocycles. The van der Waals surface area contributed by atoms with Gasteiger partial charge in [0.1, 0.15) is 6.61 Å². The number of amides is 1. The molecule has 1 amide bonds. The summed E-state index contributed by atoms with van der Waals surface area (Å²) < 4.78 is 28.5.